The summed E-state index contributed by atoms with van der Waals surface area (Å²) in [5.74, 6) is -1.97. The Balaban J connectivity index is 4.01. The largest absolute Gasteiger partial charge is 0.454 e. The highest BCUT2D eigenvalue weighted by molar-refractivity contribution is 5.94. The molecule has 0 amide bonds. The Morgan fingerprint density at radius 2 is 2.15 bits per heavy atom. The SMILES string of the molecule is N#CCC=NC=CC(=O)C(F)(F)F. The predicted octanol–water partition coefficient (Wildman–Crippen LogP) is 1.62. The number of allylic oxidation sites excluding steroid dienone is 1. The van der Waals surface area contributed by atoms with Gasteiger partial charge < -0.3 is 0 Å². The second-order valence-corrected chi connectivity index (χ2v) is 1.87. The van der Waals surface area contributed by atoms with E-state index in [1.807, 2.05) is 0 Å². The number of carbonyl (C=O) groups is 1. The second kappa shape index (κ2) is 5.09. The number of nitriles is 1. The number of ketones is 1. The van der Waals surface area contributed by atoms with Gasteiger partial charge in [-0.15, -0.1) is 0 Å². The first-order valence-electron chi connectivity index (χ1n) is 3.14. The van der Waals surface area contributed by atoms with Crippen LogP contribution in [0.1, 0.15) is 6.42 Å². The molecule has 3 nitrogen and oxygen atoms in total. The van der Waals surface area contributed by atoms with Crippen molar-refractivity contribution in [3.8, 4) is 6.07 Å². The van der Waals surface area contributed by atoms with Gasteiger partial charge in [0.1, 0.15) is 0 Å². The van der Waals surface area contributed by atoms with Crippen LogP contribution in [0.4, 0.5) is 13.2 Å². The molecule has 0 spiro atoms. The minimum Gasteiger partial charge on any atom is -0.285 e. The Bertz CT molecular complexity index is 272. The molecule has 0 aromatic rings. The van der Waals surface area contributed by atoms with Crippen LogP contribution in [0.2, 0.25) is 0 Å². The minimum absolute atomic E-state index is 0.00938. The lowest BCUT2D eigenvalue weighted by Gasteiger charge is -1.97. The van der Waals surface area contributed by atoms with Crippen LogP contribution < -0.4 is 0 Å². The standard InChI is InChI=1S/C7H5F3N2O/c8-7(9,10)6(13)2-5-12-4-1-3-11/h2,4-5H,1H2. The van der Waals surface area contributed by atoms with Crippen molar-refractivity contribution in [1.29, 1.82) is 5.26 Å². The molecule has 0 aliphatic heterocycles. The Morgan fingerprint density at radius 3 is 2.62 bits per heavy atom. The van der Waals surface area contributed by atoms with Gasteiger partial charge in [0.05, 0.1) is 12.5 Å². The number of hydrogen-bond donors (Lipinski definition) is 0. The van der Waals surface area contributed by atoms with Crippen LogP contribution in [0.5, 0.6) is 0 Å². The van der Waals surface area contributed by atoms with E-state index in [4.69, 9.17) is 5.26 Å². The molecule has 0 heterocycles. The minimum atomic E-state index is -4.86. The molecule has 0 saturated carbocycles. The number of halogens is 3. The molecule has 0 aliphatic rings. The highest BCUT2D eigenvalue weighted by atomic mass is 19.4. The third-order valence-corrected chi connectivity index (χ3v) is 0.879. The number of carbonyl (C=O) groups excluding carboxylic acids is 1. The van der Waals surface area contributed by atoms with Gasteiger partial charge in [0.2, 0.25) is 0 Å². The average Bonchev–Trinajstić information content (AvgIpc) is 2.02. The Morgan fingerprint density at radius 1 is 1.54 bits per heavy atom. The van der Waals surface area contributed by atoms with Gasteiger partial charge >= 0.3 is 6.18 Å². The van der Waals surface area contributed by atoms with Gasteiger partial charge in [0.15, 0.2) is 0 Å². The fourth-order valence-electron chi connectivity index (χ4n) is 0.360. The fraction of sp³-hybridized carbons (Fsp3) is 0.286. The molecule has 0 aliphatic carbocycles. The Labute approximate surface area is 72.2 Å². The van der Waals surface area contributed by atoms with E-state index in [1.165, 1.54) is 0 Å². The molecular formula is C7H5F3N2O. The summed E-state index contributed by atoms with van der Waals surface area (Å²) in [6.45, 7) is 0. The van der Waals surface area contributed by atoms with E-state index in [0.29, 0.717) is 12.3 Å². The second-order valence-electron chi connectivity index (χ2n) is 1.87. The molecule has 0 fully saturated rings. The van der Waals surface area contributed by atoms with Crippen molar-refractivity contribution < 1.29 is 18.0 Å². The number of alkyl halides is 3. The number of aliphatic imine (C=N–C) groups is 1. The van der Waals surface area contributed by atoms with Crippen molar-refractivity contribution in [2.45, 2.75) is 12.6 Å². The first kappa shape index (κ1) is 11.4. The van der Waals surface area contributed by atoms with E-state index in [9.17, 15) is 18.0 Å². The third-order valence-electron chi connectivity index (χ3n) is 0.879. The van der Waals surface area contributed by atoms with Crippen LogP contribution in [0.3, 0.4) is 0 Å². The summed E-state index contributed by atoms with van der Waals surface area (Å²) in [6.07, 6.45) is -2.77. The van der Waals surface area contributed by atoms with Crippen LogP contribution >= 0.6 is 0 Å². The number of nitrogens with zero attached hydrogens (tertiary/aromatic N) is 2. The van der Waals surface area contributed by atoms with Gasteiger partial charge in [0, 0.05) is 18.5 Å². The smallest absolute Gasteiger partial charge is 0.285 e. The van der Waals surface area contributed by atoms with E-state index in [-0.39, 0.29) is 6.42 Å². The summed E-state index contributed by atoms with van der Waals surface area (Å²) >= 11 is 0. The summed E-state index contributed by atoms with van der Waals surface area (Å²) in [5.41, 5.74) is 0. The Hall–Kier alpha value is -1.64. The van der Waals surface area contributed by atoms with Crippen molar-refractivity contribution in [3.63, 3.8) is 0 Å². The lowest BCUT2D eigenvalue weighted by Crippen LogP contribution is -2.19. The molecule has 0 rings (SSSR count). The van der Waals surface area contributed by atoms with Crippen molar-refractivity contribution >= 4 is 12.0 Å². The highest BCUT2D eigenvalue weighted by Gasteiger charge is 2.35. The molecule has 0 radical (unpaired) electrons. The van der Waals surface area contributed by atoms with Crippen molar-refractivity contribution in [1.82, 2.24) is 0 Å². The summed E-state index contributed by atoms with van der Waals surface area (Å²) < 4.78 is 34.6. The van der Waals surface area contributed by atoms with Gasteiger partial charge in [-0.3, -0.25) is 9.79 Å². The molecule has 70 valence electrons. The van der Waals surface area contributed by atoms with Crippen molar-refractivity contribution in [3.05, 3.63) is 12.3 Å². The maximum atomic E-state index is 11.5. The lowest BCUT2D eigenvalue weighted by atomic mass is 10.4. The van der Waals surface area contributed by atoms with Crippen LogP contribution in [0.25, 0.3) is 0 Å². The molecule has 0 aromatic heterocycles. The van der Waals surface area contributed by atoms with E-state index in [1.54, 1.807) is 6.07 Å². The molecule has 13 heavy (non-hydrogen) atoms. The molecule has 0 N–H and O–H groups in total. The topological polar surface area (TPSA) is 53.2 Å². The first-order valence-corrected chi connectivity index (χ1v) is 3.14. The molecule has 6 heteroatoms. The van der Waals surface area contributed by atoms with E-state index in [2.05, 4.69) is 4.99 Å². The predicted molar refractivity (Wildman–Crippen MR) is 38.9 cm³/mol. The van der Waals surface area contributed by atoms with E-state index in [0.717, 1.165) is 6.21 Å². The Kier molecular flexibility index (Phi) is 4.44. The molecule has 0 atom stereocenters. The van der Waals surface area contributed by atoms with Gasteiger partial charge in [-0.2, -0.15) is 18.4 Å². The van der Waals surface area contributed by atoms with Crippen molar-refractivity contribution in [2.24, 2.45) is 4.99 Å². The van der Waals surface area contributed by atoms with Gasteiger partial charge in [-0.25, -0.2) is 0 Å². The zero-order valence-electron chi connectivity index (χ0n) is 6.38. The van der Waals surface area contributed by atoms with Crippen molar-refractivity contribution in [2.75, 3.05) is 0 Å². The van der Waals surface area contributed by atoms with E-state index < -0.39 is 12.0 Å². The number of hydrogen-bond acceptors (Lipinski definition) is 3. The van der Waals surface area contributed by atoms with Crippen LogP contribution in [0.15, 0.2) is 17.3 Å². The van der Waals surface area contributed by atoms with Crippen LogP contribution in [0, 0.1) is 11.3 Å². The quantitative estimate of drug-likeness (QED) is 0.501. The first-order chi connectivity index (χ1) is 5.98. The number of rotatable bonds is 3. The molecule has 0 bridgehead atoms. The van der Waals surface area contributed by atoms with Gasteiger partial charge in [-0.1, -0.05) is 0 Å². The summed E-state index contributed by atoms with van der Waals surface area (Å²) in [6, 6.07) is 1.70. The normalized spacial score (nSPS) is 12.2. The van der Waals surface area contributed by atoms with Crippen LogP contribution in [-0.4, -0.2) is 18.2 Å². The van der Waals surface area contributed by atoms with Gasteiger partial charge in [-0.05, 0) is 0 Å². The molecular weight excluding hydrogens is 185 g/mol. The third kappa shape index (κ3) is 5.61. The zero-order chi connectivity index (χ0) is 10.3. The maximum Gasteiger partial charge on any atom is 0.454 e. The summed E-state index contributed by atoms with van der Waals surface area (Å²) in [7, 11) is 0. The average molecular weight is 190 g/mol. The van der Waals surface area contributed by atoms with E-state index >= 15 is 0 Å². The maximum absolute atomic E-state index is 11.5. The molecule has 0 saturated heterocycles. The molecule has 0 aromatic carbocycles. The fourth-order valence-corrected chi connectivity index (χ4v) is 0.360. The van der Waals surface area contributed by atoms with Gasteiger partial charge in [0.25, 0.3) is 5.78 Å². The monoisotopic (exact) mass is 190 g/mol. The molecule has 0 unspecified atom stereocenters. The summed E-state index contributed by atoms with van der Waals surface area (Å²) in [4.78, 5) is 13.4. The zero-order valence-corrected chi connectivity index (χ0v) is 6.38. The summed E-state index contributed by atoms with van der Waals surface area (Å²) in [5, 5.41) is 7.99. The highest BCUT2D eigenvalue weighted by Crippen LogP contribution is 2.16. The van der Waals surface area contributed by atoms with Crippen LogP contribution in [-0.2, 0) is 4.79 Å². The lowest BCUT2D eigenvalue weighted by molar-refractivity contribution is -0.165.